The van der Waals surface area contributed by atoms with Crippen molar-refractivity contribution >= 4 is 21.4 Å². The van der Waals surface area contributed by atoms with Gasteiger partial charge >= 0.3 is 0 Å². The third-order valence-electron chi connectivity index (χ3n) is 3.24. The molecule has 1 fully saturated rings. The largest absolute Gasteiger partial charge is 0.360 e. The fraction of sp³-hybridized carbons (Fsp3) is 0.125. The first-order valence-corrected chi connectivity index (χ1v) is 8.38. The lowest BCUT2D eigenvalue weighted by Gasteiger charge is -1.97. The van der Waals surface area contributed by atoms with Crippen LogP contribution in [0.1, 0.15) is 11.7 Å². The molecule has 21 heavy (non-hydrogen) atoms. The molecule has 3 nitrogen and oxygen atoms in total. The Morgan fingerprint density at radius 3 is 2.33 bits per heavy atom. The average Bonchev–Trinajstić information content (AvgIpc) is 3.27. The molecular weight excluding hydrogens is 308 g/mol. The number of sulfone groups is 1. The summed E-state index contributed by atoms with van der Waals surface area (Å²) in [5, 5.41) is 1.88. The highest BCUT2D eigenvalue weighted by Crippen LogP contribution is 2.40. The van der Waals surface area contributed by atoms with Gasteiger partial charge in [0.15, 0.2) is 9.84 Å². The van der Waals surface area contributed by atoms with Crippen LogP contribution in [0.25, 0.3) is 0 Å². The number of hydrogen-bond donors (Lipinski definition) is 0. The minimum absolute atomic E-state index is 0.0931. The molecule has 1 aliphatic rings. The van der Waals surface area contributed by atoms with E-state index in [-0.39, 0.29) is 17.1 Å². The van der Waals surface area contributed by atoms with Gasteiger partial charge in [-0.1, -0.05) is 41.9 Å². The summed E-state index contributed by atoms with van der Waals surface area (Å²) in [4.78, 5) is 0.282. The van der Waals surface area contributed by atoms with Gasteiger partial charge in [-0.05, 0) is 35.9 Å². The lowest BCUT2D eigenvalue weighted by molar-refractivity contribution is 0.394. The third-order valence-corrected chi connectivity index (χ3v) is 4.94. The smallest absolute Gasteiger partial charge is 0.199 e. The maximum atomic E-state index is 12.1. The van der Waals surface area contributed by atoms with Crippen molar-refractivity contribution in [1.29, 1.82) is 0 Å². The van der Waals surface area contributed by atoms with Gasteiger partial charge in [0.05, 0.1) is 4.90 Å². The molecule has 5 heteroatoms. The summed E-state index contributed by atoms with van der Waals surface area (Å²) < 4.78 is 29.7. The molecule has 2 aromatic rings. The van der Waals surface area contributed by atoms with Gasteiger partial charge in [-0.3, -0.25) is 0 Å². The number of hydrogen-bond acceptors (Lipinski definition) is 3. The Kier molecular flexibility index (Phi) is 3.85. The standard InChI is InChI=1S/C16H13ClO3S/c17-13-8-6-12(7-9-13)16-15(20-16)10-11-21(18,19)14-4-2-1-3-5-14/h1-11,15-16H/b11-10+/t15-,16-/m0/s1. The van der Waals surface area contributed by atoms with Gasteiger partial charge < -0.3 is 4.74 Å². The van der Waals surface area contributed by atoms with Crippen molar-refractivity contribution in [3.63, 3.8) is 0 Å². The molecule has 0 saturated carbocycles. The van der Waals surface area contributed by atoms with Crippen molar-refractivity contribution in [2.24, 2.45) is 0 Å². The fourth-order valence-electron chi connectivity index (χ4n) is 2.06. The molecule has 2 aromatic carbocycles. The number of ether oxygens (including phenoxy) is 1. The fourth-order valence-corrected chi connectivity index (χ4v) is 3.24. The van der Waals surface area contributed by atoms with E-state index in [9.17, 15) is 8.42 Å². The molecule has 1 saturated heterocycles. The van der Waals surface area contributed by atoms with Crippen LogP contribution in [-0.2, 0) is 14.6 Å². The summed E-state index contributed by atoms with van der Waals surface area (Å²) in [6.07, 6.45) is 1.29. The van der Waals surface area contributed by atoms with Gasteiger partial charge in [-0.25, -0.2) is 8.42 Å². The van der Waals surface area contributed by atoms with Crippen LogP contribution < -0.4 is 0 Å². The van der Waals surface area contributed by atoms with Gasteiger partial charge in [0.1, 0.15) is 12.2 Å². The first-order chi connectivity index (χ1) is 10.1. The van der Waals surface area contributed by atoms with Crippen molar-refractivity contribution < 1.29 is 13.2 Å². The summed E-state index contributed by atoms with van der Waals surface area (Å²) in [5.41, 5.74) is 0.992. The Hall–Kier alpha value is -1.62. The zero-order valence-corrected chi connectivity index (χ0v) is 12.6. The second-order valence-corrected chi connectivity index (χ2v) is 7.03. The number of rotatable bonds is 4. The minimum Gasteiger partial charge on any atom is -0.360 e. The number of epoxide rings is 1. The van der Waals surface area contributed by atoms with E-state index < -0.39 is 9.84 Å². The van der Waals surface area contributed by atoms with Gasteiger partial charge in [0.2, 0.25) is 0 Å². The highest BCUT2D eigenvalue weighted by Gasteiger charge is 2.38. The molecule has 0 aromatic heterocycles. The molecule has 1 aliphatic heterocycles. The van der Waals surface area contributed by atoms with E-state index in [1.165, 1.54) is 5.41 Å². The Morgan fingerprint density at radius 1 is 1.00 bits per heavy atom. The predicted molar refractivity (Wildman–Crippen MR) is 81.8 cm³/mol. The van der Waals surface area contributed by atoms with Crippen LogP contribution in [-0.4, -0.2) is 14.5 Å². The zero-order chi connectivity index (χ0) is 14.9. The van der Waals surface area contributed by atoms with Crippen molar-refractivity contribution in [1.82, 2.24) is 0 Å². The quantitative estimate of drug-likeness (QED) is 0.806. The molecule has 108 valence electrons. The first-order valence-electron chi connectivity index (χ1n) is 6.45. The van der Waals surface area contributed by atoms with Crippen molar-refractivity contribution in [3.8, 4) is 0 Å². The molecule has 0 bridgehead atoms. The van der Waals surface area contributed by atoms with E-state index in [0.717, 1.165) is 5.56 Å². The van der Waals surface area contributed by atoms with Crippen LogP contribution in [0, 0.1) is 0 Å². The molecule has 0 unspecified atom stereocenters. The van der Waals surface area contributed by atoms with Crippen LogP contribution in [0.2, 0.25) is 5.02 Å². The average molecular weight is 321 g/mol. The monoisotopic (exact) mass is 320 g/mol. The van der Waals surface area contributed by atoms with E-state index in [2.05, 4.69) is 0 Å². The van der Waals surface area contributed by atoms with E-state index in [0.29, 0.717) is 5.02 Å². The lowest BCUT2D eigenvalue weighted by Crippen LogP contribution is -1.96. The highest BCUT2D eigenvalue weighted by atomic mass is 35.5. The lowest BCUT2D eigenvalue weighted by atomic mass is 10.1. The number of benzene rings is 2. The third kappa shape index (κ3) is 3.35. The zero-order valence-electron chi connectivity index (χ0n) is 11.0. The summed E-state index contributed by atoms with van der Waals surface area (Å²) in [7, 11) is -3.41. The molecule has 0 amide bonds. The second kappa shape index (κ2) is 5.64. The summed E-state index contributed by atoms with van der Waals surface area (Å²) >= 11 is 5.83. The number of halogens is 1. The van der Waals surface area contributed by atoms with E-state index in [4.69, 9.17) is 16.3 Å². The van der Waals surface area contributed by atoms with Crippen molar-refractivity contribution in [2.45, 2.75) is 17.1 Å². The predicted octanol–water partition coefficient (Wildman–Crippen LogP) is 3.77. The van der Waals surface area contributed by atoms with E-state index in [1.807, 2.05) is 12.1 Å². The van der Waals surface area contributed by atoms with Crippen LogP contribution in [0.4, 0.5) is 0 Å². The topological polar surface area (TPSA) is 46.7 Å². The van der Waals surface area contributed by atoms with Crippen LogP contribution in [0.5, 0.6) is 0 Å². The van der Waals surface area contributed by atoms with Crippen LogP contribution >= 0.6 is 11.6 Å². The first kappa shape index (κ1) is 14.3. The Morgan fingerprint density at radius 2 is 1.67 bits per heavy atom. The van der Waals surface area contributed by atoms with E-state index in [1.54, 1.807) is 48.5 Å². The van der Waals surface area contributed by atoms with Crippen molar-refractivity contribution in [2.75, 3.05) is 0 Å². The molecular formula is C16H13ClO3S. The molecule has 0 aliphatic carbocycles. The summed E-state index contributed by atoms with van der Waals surface area (Å²) in [6.45, 7) is 0. The Bertz CT molecular complexity index is 752. The molecule has 0 radical (unpaired) electrons. The van der Waals surface area contributed by atoms with Crippen molar-refractivity contribution in [3.05, 3.63) is 76.7 Å². The van der Waals surface area contributed by atoms with Gasteiger partial charge in [0, 0.05) is 10.4 Å². The molecule has 0 spiro atoms. The van der Waals surface area contributed by atoms with E-state index >= 15 is 0 Å². The van der Waals surface area contributed by atoms with Gasteiger partial charge in [0.25, 0.3) is 0 Å². The Balaban J connectivity index is 1.70. The Labute approximate surface area is 128 Å². The second-order valence-electron chi connectivity index (χ2n) is 4.76. The molecule has 1 heterocycles. The molecule has 0 N–H and O–H groups in total. The summed E-state index contributed by atoms with van der Waals surface area (Å²) in [6, 6.07) is 15.7. The van der Waals surface area contributed by atoms with Gasteiger partial charge in [-0.15, -0.1) is 0 Å². The summed E-state index contributed by atoms with van der Waals surface area (Å²) in [5.74, 6) is 0. The maximum absolute atomic E-state index is 12.1. The SMILES string of the molecule is O=S(=O)(/C=C/[C@@H]1O[C@H]1c1ccc(Cl)cc1)c1ccccc1. The highest BCUT2D eigenvalue weighted by molar-refractivity contribution is 7.94. The van der Waals surface area contributed by atoms with Gasteiger partial charge in [-0.2, -0.15) is 0 Å². The normalized spacial score (nSPS) is 21.6. The minimum atomic E-state index is -3.41. The maximum Gasteiger partial charge on any atom is 0.199 e. The van der Waals surface area contributed by atoms with Crippen LogP contribution in [0.3, 0.4) is 0 Å². The van der Waals surface area contributed by atoms with Crippen LogP contribution in [0.15, 0.2) is 71.0 Å². The molecule has 3 rings (SSSR count). The molecule has 2 atom stereocenters.